The molecule has 1 aliphatic rings. The van der Waals surface area contributed by atoms with Gasteiger partial charge in [-0.1, -0.05) is 6.07 Å². The van der Waals surface area contributed by atoms with Crippen molar-refractivity contribution >= 4 is 0 Å². The number of likely N-dealkylation sites (tertiary alicyclic amines) is 1. The summed E-state index contributed by atoms with van der Waals surface area (Å²) >= 11 is 0. The smallest absolute Gasteiger partial charge is 0.405 e. The van der Waals surface area contributed by atoms with Gasteiger partial charge in [-0.05, 0) is 37.9 Å². The first-order valence-electron chi connectivity index (χ1n) is 6.75. The van der Waals surface area contributed by atoms with Crippen molar-refractivity contribution < 1.29 is 27.4 Å². The number of rotatable bonds is 4. The summed E-state index contributed by atoms with van der Waals surface area (Å²) in [6.45, 7) is 1.78. The molecule has 0 amide bonds. The Morgan fingerprint density at radius 2 is 1.90 bits per heavy atom. The van der Waals surface area contributed by atoms with Crippen LogP contribution in [0.3, 0.4) is 0 Å². The van der Waals surface area contributed by atoms with E-state index in [1.807, 2.05) is 4.90 Å². The molecule has 0 unspecified atom stereocenters. The molecule has 0 bridgehead atoms. The van der Waals surface area contributed by atoms with Crippen molar-refractivity contribution in [1.82, 2.24) is 4.90 Å². The molecule has 1 N–H and O–H groups in total. The zero-order valence-corrected chi connectivity index (χ0v) is 11.4. The van der Waals surface area contributed by atoms with Crippen LogP contribution in [-0.2, 0) is 6.54 Å². The van der Waals surface area contributed by atoms with Crippen molar-refractivity contribution in [3.8, 4) is 5.75 Å². The van der Waals surface area contributed by atoms with Crippen LogP contribution in [0.2, 0.25) is 0 Å². The third-order valence-corrected chi connectivity index (χ3v) is 3.61. The van der Waals surface area contributed by atoms with E-state index >= 15 is 0 Å². The van der Waals surface area contributed by atoms with Gasteiger partial charge in [-0.2, -0.15) is 0 Å². The van der Waals surface area contributed by atoms with Crippen LogP contribution in [0.4, 0.5) is 17.6 Å². The van der Waals surface area contributed by atoms with Crippen LogP contribution in [0.15, 0.2) is 18.2 Å². The Morgan fingerprint density at radius 1 is 1.24 bits per heavy atom. The van der Waals surface area contributed by atoms with Crippen molar-refractivity contribution in [3.63, 3.8) is 0 Å². The van der Waals surface area contributed by atoms with E-state index in [1.165, 1.54) is 6.07 Å². The monoisotopic (exact) mass is 307 g/mol. The molecule has 1 saturated heterocycles. The van der Waals surface area contributed by atoms with Crippen molar-refractivity contribution in [2.45, 2.75) is 25.7 Å². The summed E-state index contributed by atoms with van der Waals surface area (Å²) in [5.74, 6) is -1.01. The summed E-state index contributed by atoms with van der Waals surface area (Å²) in [6, 6.07) is 3.19. The Hall–Kier alpha value is -1.34. The molecule has 1 heterocycles. The summed E-state index contributed by atoms with van der Waals surface area (Å²) in [5, 5.41) is 9.06. The number of hydrogen-bond donors (Lipinski definition) is 1. The maximum Gasteiger partial charge on any atom is 0.573 e. The number of aliphatic hydroxyl groups excluding tert-OH is 1. The molecule has 2 rings (SSSR count). The van der Waals surface area contributed by atoms with Gasteiger partial charge >= 0.3 is 6.36 Å². The van der Waals surface area contributed by atoms with Crippen molar-refractivity contribution in [1.29, 1.82) is 0 Å². The lowest BCUT2D eigenvalue weighted by Gasteiger charge is -2.31. The molecule has 118 valence electrons. The molecule has 0 aliphatic carbocycles. The lowest BCUT2D eigenvalue weighted by atomic mass is 9.97. The number of alkyl halides is 3. The molecule has 0 spiro atoms. The minimum Gasteiger partial charge on any atom is -0.405 e. The highest BCUT2D eigenvalue weighted by molar-refractivity contribution is 5.34. The SMILES string of the molecule is OCC1CCN(Cc2ccc(F)cc2OC(F)(F)F)CC1. The number of halogens is 4. The minimum atomic E-state index is -4.84. The van der Waals surface area contributed by atoms with E-state index in [4.69, 9.17) is 5.11 Å². The Morgan fingerprint density at radius 3 is 2.48 bits per heavy atom. The second-order valence-corrected chi connectivity index (χ2v) is 5.20. The molecule has 1 fully saturated rings. The minimum absolute atomic E-state index is 0.132. The molecule has 0 radical (unpaired) electrons. The fourth-order valence-electron chi connectivity index (χ4n) is 2.45. The molecule has 1 aliphatic heterocycles. The van der Waals surface area contributed by atoms with Gasteiger partial charge in [0.05, 0.1) is 0 Å². The average Bonchev–Trinajstić information content (AvgIpc) is 2.41. The number of benzene rings is 1. The lowest BCUT2D eigenvalue weighted by Crippen LogP contribution is -2.34. The van der Waals surface area contributed by atoms with Crippen LogP contribution in [0, 0.1) is 11.7 Å². The second kappa shape index (κ2) is 6.62. The number of nitrogens with zero attached hydrogens (tertiary/aromatic N) is 1. The molecule has 7 heteroatoms. The fraction of sp³-hybridized carbons (Fsp3) is 0.571. The first-order chi connectivity index (χ1) is 9.87. The van der Waals surface area contributed by atoms with Crippen LogP contribution in [-0.4, -0.2) is 36.1 Å². The van der Waals surface area contributed by atoms with Crippen LogP contribution in [0.5, 0.6) is 5.75 Å². The van der Waals surface area contributed by atoms with E-state index in [0.717, 1.165) is 25.0 Å². The molecular weight excluding hydrogens is 290 g/mol. The summed E-state index contributed by atoms with van der Waals surface area (Å²) in [6.07, 6.45) is -3.24. The van der Waals surface area contributed by atoms with Gasteiger partial charge in [0.1, 0.15) is 11.6 Å². The van der Waals surface area contributed by atoms with Gasteiger partial charge in [0.25, 0.3) is 0 Å². The molecule has 0 aromatic heterocycles. The highest BCUT2D eigenvalue weighted by atomic mass is 19.4. The maximum atomic E-state index is 13.1. The number of piperidine rings is 1. The number of hydrogen-bond acceptors (Lipinski definition) is 3. The van der Waals surface area contributed by atoms with Crippen LogP contribution < -0.4 is 4.74 Å². The fourth-order valence-corrected chi connectivity index (χ4v) is 2.45. The van der Waals surface area contributed by atoms with Gasteiger partial charge in [-0.15, -0.1) is 13.2 Å². The Bertz CT molecular complexity index is 471. The molecule has 3 nitrogen and oxygen atoms in total. The first-order valence-corrected chi connectivity index (χ1v) is 6.75. The molecule has 1 aromatic rings. The zero-order valence-electron chi connectivity index (χ0n) is 11.4. The number of aliphatic hydroxyl groups is 1. The summed E-state index contributed by atoms with van der Waals surface area (Å²) in [7, 11) is 0. The first kappa shape index (κ1) is 16.0. The normalized spacial score (nSPS) is 18.0. The molecule has 0 atom stereocenters. The standard InChI is InChI=1S/C14H17F4NO2/c15-12-2-1-11(13(7-12)21-14(16,17)18)8-19-5-3-10(9-20)4-6-19/h1-2,7,10,20H,3-6,8-9H2. The average molecular weight is 307 g/mol. The van der Waals surface area contributed by atoms with E-state index in [1.54, 1.807) is 0 Å². The van der Waals surface area contributed by atoms with Gasteiger partial charge in [0, 0.05) is 24.8 Å². The van der Waals surface area contributed by atoms with E-state index in [-0.39, 0.29) is 19.1 Å². The predicted octanol–water partition coefficient (Wildman–Crippen LogP) is 2.93. The second-order valence-electron chi connectivity index (χ2n) is 5.20. The zero-order chi connectivity index (χ0) is 15.5. The predicted molar refractivity (Wildman–Crippen MR) is 68.2 cm³/mol. The van der Waals surface area contributed by atoms with E-state index in [2.05, 4.69) is 4.74 Å². The van der Waals surface area contributed by atoms with Crippen LogP contribution >= 0.6 is 0 Å². The highest BCUT2D eigenvalue weighted by Crippen LogP contribution is 2.29. The van der Waals surface area contributed by atoms with E-state index < -0.39 is 17.9 Å². The van der Waals surface area contributed by atoms with E-state index in [0.29, 0.717) is 18.7 Å². The topological polar surface area (TPSA) is 32.7 Å². The van der Waals surface area contributed by atoms with Crippen LogP contribution in [0.1, 0.15) is 18.4 Å². The van der Waals surface area contributed by atoms with Crippen molar-refractivity contribution in [3.05, 3.63) is 29.6 Å². The molecule has 0 saturated carbocycles. The molecular formula is C14H17F4NO2. The lowest BCUT2D eigenvalue weighted by molar-refractivity contribution is -0.275. The summed E-state index contributed by atoms with van der Waals surface area (Å²) in [5.41, 5.74) is 0.302. The Labute approximate surface area is 120 Å². The van der Waals surface area contributed by atoms with Gasteiger partial charge in [-0.25, -0.2) is 4.39 Å². The van der Waals surface area contributed by atoms with Crippen molar-refractivity contribution in [2.24, 2.45) is 5.92 Å². The van der Waals surface area contributed by atoms with Gasteiger partial charge in [-0.3, -0.25) is 4.90 Å². The Balaban J connectivity index is 2.06. The van der Waals surface area contributed by atoms with Gasteiger partial charge in [0.2, 0.25) is 0 Å². The quantitative estimate of drug-likeness (QED) is 0.868. The third kappa shape index (κ3) is 4.86. The van der Waals surface area contributed by atoms with E-state index in [9.17, 15) is 17.6 Å². The maximum absolute atomic E-state index is 13.1. The molecule has 1 aromatic carbocycles. The largest absolute Gasteiger partial charge is 0.573 e. The van der Waals surface area contributed by atoms with Crippen molar-refractivity contribution in [2.75, 3.05) is 19.7 Å². The molecule has 21 heavy (non-hydrogen) atoms. The highest BCUT2D eigenvalue weighted by Gasteiger charge is 2.32. The van der Waals surface area contributed by atoms with Gasteiger partial charge < -0.3 is 9.84 Å². The third-order valence-electron chi connectivity index (χ3n) is 3.61. The summed E-state index contributed by atoms with van der Waals surface area (Å²) < 4.78 is 54.0. The van der Waals surface area contributed by atoms with Crippen LogP contribution in [0.25, 0.3) is 0 Å². The Kier molecular flexibility index (Phi) is 5.05. The van der Waals surface area contributed by atoms with Gasteiger partial charge in [0.15, 0.2) is 0 Å². The summed E-state index contributed by atoms with van der Waals surface area (Å²) in [4.78, 5) is 1.97. The number of ether oxygens (including phenoxy) is 1.